The van der Waals surface area contributed by atoms with E-state index in [0.717, 1.165) is 0 Å². The molecule has 1 aromatic rings. The fourth-order valence-electron chi connectivity index (χ4n) is 0.807. The van der Waals surface area contributed by atoms with Crippen LogP contribution in [0.5, 0.6) is 0 Å². The van der Waals surface area contributed by atoms with Gasteiger partial charge in [0, 0.05) is 24.8 Å². The van der Waals surface area contributed by atoms with Gasteiger partial charge in [-0.05, 0) is 6.08 Å². The van der Waals surface area contributed by atoms with E-state index in [1.54, 1.807) is 7.05 Å². The maximum Gasteiger partial charge on any atom is 0.330 e. The number of aryl methyl sites for hydroxylation is 1. The van der Waals surface area contributed by atoms with Crippen molar-refractivity contribution in [1.29, 1.82) is 0 Å². The molecule has 0 aliphatic rings. The van der Waals surface area contributed by atoms with Crippen LogP contribution in [0.25, 0.3) is 6.08 Å². The van der Waals surface area contributed by atoms with Gasteiger partial charge in [0.1, 0.15) is 0 Å². The average molecular weight is 194 g/mol. The molecule has 5 heteroatoms. The third-order valence-electron chi connectivity index (χ3n) is 1.60. The van der Waals surface area contributed by atoms with Crippen molar-refractivity contribution in [3.63, 3.8) is 0 Å². The summed E-state index contributed by atoms with van der Waals surface area (Å²) in [5.41, 5.74) is 0.343. The molecule has 0 saturated heterocycles. The Morgan fingerprint density at radius 2 is 2.36 bits per heavy atom. The zero-order chi connectivity index (χ0) is 10.6. The molecule has 0 fully saturated rings. The van der Waals surface area contributed by atoms with Crippen molar-refractivity contribution in [3.8, 4) is 0 Å². The first kappa shape index (κ1) is 10.2. The van der Waals surface area contributed by atoms with E-state index >= 15 is 0 Å². The van der Waals surface area contributed by atoms with Crippen LogP contribution in [0, 0.1) is 0 Å². The minimum atomic E-state index is -0.467. The maximum absolute atomic E-state index is 11.1. The summed E-state index contributed by atoms with van der Waals surface area (Å²) in [6.45, 7) is 0. The fraction of sp³-hybridized carbons (Fsp3) is 0.222. The van der Waals surface area contributed by atoms with Gasteiger partial charge < -0.3 is 4.74 Å². The molecule has 1 rings (SSSR count). The third kappa shape index (κ3) is 2.55. The van der Waals surface area contributed by atoms with Crippen LogP contribution in [0.4, 0.5) is 0 Å². The Labute approximate surface area is 80.6 Å². The Kier molecular flexibility index (Phi) is 3.17. The van der Waals surface area contributed by atoms with Crippen molar-refractivity contribution in [2.45, 2.75) is 0 Å². The second-order valence-electron chi connectivity index (χ2n) is 2.61. The lowest BCUT2D eigenvalue weighted by molar-refractivity contribution is -0.134. The van der Waals surface area contributed by atoms with Crippen molar-refractivity contribution in [1.82, 2.24) is 9.78 Å². The lowest BCUT2D eigenvalue weighted by Crippen LogP contribution is -2.17. The van der Waals surface area contributed by atoms with Crippen molar-refractivity contribution < 1.29 is 9.53 Å². The molecular weight excluding hydrogens is 184 g/mol. The predicted octanol–water partition coefficient (Wildman–Crippen LogP) is -0.0335. The smallest absolute Gasteiger partial charge is 0.330 e. The Morgan fingerprint density at radius 1 is 1.64 bits per heavy atom. The van der Waals surface area contributed by atoms with E-state index in [2.05, 4.69) is 9.84 Å². The Hall–Kier alpha value is -1.91. The molecule has 0 aliphatic carbocycles. The lowest BCUT2D eigenvalue weighted by atomic mass is 10.3. The van der Waals surface area contributed by atoms with Crippen LogP contribution in [0.1, 0.15) is 5.56 Å². The largest absolute Gasteiger partial charge is 0.466 e. The van der Waals surface area contributed by atoms with Gasteiger partial charge in [0.2, 0.25) is 0 Å². The highest BCUT2D eigenvalue weighted by Crippen LogP contribution is 1.95. The number of ether oxygens (including phenoxy) is 1. The molecule has 0 atom stereocenters. The summed E-state index contributed by atoms with van der Waals surface area (Å²) in [5, 5.41) is 3.78. The van der Waals surface area contributed by atoms with Gasteiger partial charge in [-0.15, -0.1) is 0 Å². The first-order valence-corrected chi connectivity index (χ1v) is 3.93. The minimum absolute atomic E-state index is 0.225. The van der Waals surface area contributed by atoms with Gasteiger partial charge in [-0.3, -0.25) is 4.79 Å². The molecular formula is C9H10N2O3. The Morgan fingerprint density at radius 3 is 2.93 bits per heavy atom. The van der Waals surface area contributed by atoms with Gasteiger partial charge in [0.15, 0.2) is 0 Å². The number of esters is 1. The van der Waals surface area contributed by atoms with Crippen molar-refractivity contribution in [3.05, 3.63) is 34.3 Å². The molecule has 0 amide bonds. The average Bonchev–Trinajstić information content (AvgIpc) is 2.19. The summed E-state index contributed by atoms with van der Waals surface area (Å²) in [6.07, 6.45) is 4.19. The molecule has 0 aliphatic heterocycles. The standard InChI is InChI=1S/C9H10N2O3/c1-11-8(12)5-7(6-10-11)3-4-9(13)14-2/h3-6H,1-2H3/b4-3+. The highest BCUT2D eigenvalue weighted by Gasteiger charge is 1.94. The highest BCUT2D eigenvalue weighted by molar-refractivity contribution is 5.86. The number of carbonyl (C=O) groups excluding carboxylic acids is 1. The molecule has 0 aromatic carbocycles. The summed E-state index contributed by atoms with van der Waals surface area (Å²) in [7, 11) is 2.84. The normalized spacial score (nSPS) is 10.4. The van der Waals surface area contributed by atoms with Crippen LogP contribution in [0.2, 0.25) is 0 Å². The van der Waals surface area contributed by atoms with E-state index in [1.165, 1.54) is 36.2 Å². The molecule has 0 spiro atoms. The van der Waals surface area contributed by atoms with Gasteiger partial charge in [-0.25, -0.2) is 9.48 Å². The molecule has 5 nitrogen and oxygen atoms in total. The molecule has 1 aromatic heterocycles. The van der Waals surface area contributed by atoms with E-state index < -0.39 is 5.97 Å². The Bertz CT molecular complexity index is 420. The zero-order valence-electron chi connectivity index (χ0n) is 7.93. The number of nitrogens with zero attached hydrogens (tertiary/aromatic N) is 2. The van der Waals surface area contributed by atoms with Crippen molar-refractivity contribution in [2.24, 2.45) is 7.05 Å². The summed E-state index contributed by atoms with van der Waals surface area (Å²) in [4.78, 5) is 21.8. The van der Waals surface area contributed by atoms with Crippen molar-refractivity contribution >= 4 is 12.0 Å². The minimum Gasteiger partial charge on any atom is -0.466 e. The molecule has 0 bridgehead atoms. The van der Waals surface area contributed by atoms with Crippen molar-refractivity contribution in [2.75, 3.05) is 7.11 Å². The van der Waals surface area contributed by atoms with E-state index in [9.17, 15) is 9.59 Å². The van der Waals surface area contributed by atoms with E-state index in [1.807, 2.05) is 0 Å². The van der Waals surface area contributed by atoms with E-state index in [4.69, 9.17) is 0 Å². The van der Waals surface area contributed by atoms with Gasteiger partial charge in [0.05, 0.1) is 13.3 Å². The van der Waals surface area contributed by atoms with Crippen LogP contribution in [-0.4, -0.2) is 22.9 Å². The summed E-state index contributed by atoms with van der Waals surface area (Å²) in [6, 6.07) is 1.38. The fourth-order valence-corrected chi connectivity index (χ4v) is 0.807. The lowest BCUT2D eigenvalue weighted by Gasteiger charge is -1.95. The first-order valence-electron chi connectivity index (χ1n) is 3.93. The zero-order valence-corrected chi connectivity index (χ0v) is 7.93. The number of rotatable bonds is 2. The van der Waals surface area contributed by atoms with Crippen LogP contribution >= 0.6 is 0 Å². The highest BCUT2D eigenvalue weighted by atomic mass is 16.5. The number of aromatic nitrogens is 2. The molecule has 1 heterocycles. The second-order valence-corrected chi connectivity index (χ2v) is 2.61. The molecule has 0 saturated carbocycles. The summed E-state index contributed by atoms with van der Waals surface area (Å²) >= 11 is 0. The molecule has 0 radical (unpaired) electrons. The van der Waals surface area contributed by atoms with Gasteiger partial charge >= 0.3 is 5.97 Å². The number of carbonyl (C=O) groups is 1. The van der Waals surface area contributed by atoms with E-state index in [0.29, 0.717) is 5.56 Å². The SMILES string of the molecule is COC(=O)/C=C/c1cnn(C)c(=O)c1. The summed E-state index contributed by atoms with van der Waals surface area (Å²) < 4.78 is 5.60. The molecule has 0 N–H and O–H groups in total. The molecule has 74 valence electrons. The van der Waals surface area contributed by atoms with Gasteiger partial charge in [-0.1, -0.05) is 0 Å². The first-order chi connectivity index (χ1) is 6.63. The van der Waals surface area contributed by atoms with Crippen LogP contribution < -0.4 is 5.56 Å². The monoisotopic (exact) mass is 194 g/mol. The molecule has 14 heavy (non-hydrogen) atoms. The number of hydrogen-bond donors (Lipinski definition) is 0. The second kappa shape index (κ2) is 4.36. The number of methoxy groups -OCH3 is 1. The van der Waals surface area contributed by atoms with Crippen LogP contribution in [-0.2, 0) is 16.6 Å². The molecule has 0 unspecified atom stereocenters. The predicted molar refractivity (Wildman–Crippen MR) is 50.5 cm³/mol. The van der Waals surface area contributed by atoms with E-state index in [-0.39, 0.29) is 5.56 Å². The maximum atomic E-state index is 11.1. The number of hydrogen-bond acceptors (Lipinski definition) is 4. The van der Waals surface area contributed by atoms with Gasteiger partial charge in [-0.2, -0.15) is 5.10 Å². The third-order valence-corrected chi connectivity index (χ3v) is 1.60. The van der Waals surface area contributed by atoms with Gasteiger partial charge in [0.25, 0.3) is 5.56 Å². The quantitative estimate of drug-likeness (QED) is 0.490. The summed E-state index contributed by atoms with van der Waals surface area (Å²) in [5.74, 6) is -0.467. The van der Waals surface area contributed by atoms with Crippen LogP contribution in [0.3, 0.4) is 0 Å². The Balaban J connectivity index is 2.88. The topological polar surface area (TPSA) is 61.2 Å². The van der Waals surface area contributed by atoms with Crippen LogP contribution in [0.15, 0.2) is 23.1 Å².